The molecule has 0 saturated heterocycles. The van der Waals surface area contributed by atoms with Crippen LogP contribution in [0.3, 0.4) is 0 Å². The van der Waals surface area contributed by atoms with Gasteiger partial charge in [-0.15, -0.1) is 11.3 Å². The Labute approximate surface area is 190 Å². The molecule has 0 aliphatic rings. The zero-order chi connectivity index (χ0) is 21.9. The highest BCUT2D eigenvalue weighted by atomic mass is 32.1. The Balaban J connectivity index is 1.35. The van der Waals surface area contributed by atoms with Crippen LogP contribution in [0.15, 0.2) is 109 Å². The van der Waals surface area contributed by atoms with Gasteiger partial charge in [-0.1, -0.05) is 84.9 Å². The van der Waals surface area contributed by atoms with Gasteiger partial charge in [-0.05, 0) is 40.3 Å². The van der Waals surface area contributed by atoms with Crippen molar-refractivity contribution in [2.24, 2.45) is 0 Å². The fraction of sp³-hybridized carbons (Fsp3) is 0.0357. The Morgan fingerprint density at radius 3 is 2.00 bits per heavy atom. The second kappa shape index (κ2) is 8.69. The lowest BCUT2D eigenvalue weighted by Gasteiger charge is -2.15. The Morgan fingerprint density at radius 1 is 0.719 bits per heavy atom. The molecule has 1 heterocycles. The third kappa shape index (κ3) is 4.01. The van der Waals surface area contributed by atoms with Crippen molar-refractivity contribution < 1.29 is 14.6 Å². The van der Waals surface area contributed by atoms with Gasteiger partial charge in [0.05, 0.1) is 0 Å². The number of carboxylic acids is 1. The Morgan fingerprint density at radius 2 is 1.31 bits per heavy atom. The van der Waals surface area contributed by atoms with E-state index in [1.807, 2.05) is 30.3 Å². The van der Waals surface area contributed by atoms with Crippen LogP contribution < -0.4 is 4.74 Å². The first-order valence-electron chi connectivity index (χ1n) is 10.3. The minimum atomic E-state index is -1.04. The number of hydrogen-bond acceptors (Lipinski definition) is 3. The Hall–Kier alpha value is -3.89. The number of benzene rings is 4. The maximum Gasteiger partial charge on any atom is 0.349 e. The third-order valence-corrected chi connectivity index (χ3v) is 6.41. The van der Waals surface area contributed by atoms with E-state index in [0.717, 1.165) is 11.1 Å². The van der Waals surface area contributed by atoms with Crippen LogP contribution in [0, 0.1) is 0 Å². The molecule has 0 aliphatic carbocycles. The van der Waals surface area contributed by atoms with E-state index in [2.05, 4.69) is 53.9 Å². The van der Waals surface area contributed by atoms with Crippen molar-refractivity contribution in [2.75, 3.05) is 0 Å². The third-order valence-electron chi connectivity index (χ3n) is 5.45. The van der Waals surface area contributed by atoms with Gasteiger partial charge in [-0.3, -0.25) is 0 Å². The highest BCUT2D eigenvalue weighted by Gasteiger charge is 2.21. The maximum absolute atomic E-state index is 11.7. The lowest BCUT2D eigenvalue weighted by Crippen LogP contribution is -2.18. The van der Waals surface area contributed by atoms with Crippen LogP contribution in [0.2, 0.25) is 0 Å². The number of hydrogen-bond donors (Lipinski definition) is 1. The fourth-order valence-corrected chi connectivity index (χ4v) is 4.76. The molecule has 4 heteroatoms. The van der Waals surface area contributed by atoms with Crippen molar-refractivity contribution in [1.29, 1.82) is 0 Å². The topological polar surface area (TPSA) is 46.5 Å². The number of ether oxygens (including phenoxy) is 1. The predicted octanol–water partition coefficient (Wildman–Crippen LogP) is 7.44. The van der Waals surface area contributed by atoms with Crippen molar-refractivity contribution in [3.8, 4) is 28.0 Å². The summed E-state index contributed by atoms with van der Waals surface area (Å²) in [5, 5.41) is 13.0. The van der Waals surface area contributed by atoms with Gasteiger partial charge in [-0.25, -0.2) is 4.79 Å². The van der Waals surface area contributed by atoms with Crippen LogP contribution in [0.5, 0.6) is 5.75 Å². The molecule has 0 radical (unpaired) electrons. The summed E-state index contributed by atoms with van der Waals surface area (Å²) in [6.45, 7) is 0. The van der Waals surface area contributed by atoms with Crippen molar-refractivity contribution in [2.45, 2.75) is 6.10 Å². The summed E-state index contributed by atoms with van der Waals surface area (Å²) < 4.78 is 7.05. The van der Waals surface area contributed by atoms with Gasteiger partial charge in [0.2, 0.25) is 6.10 Å². The number of aliphatic carboxylic acids is 1. The molecule has 1 unspecified atom stereocenters. The molecule has 32 heavy (non-hydrogen) atoms. The van der Waals surface area contributed by atoms with Crippen LogP contribution in [-0.2, 0) is 4.79 Å². The molecule has 1 atom stereocenters. The molecule has 5 rings (SSSR count). The van der Waals surface area contributed by atoms with Crippen molar-refractivity contribution in [3.05, 3.63) is 114 Å². The van der Waals surface area contributed by atoms with Crippen LogP contribution in [0.4, 0.5) is 0 Å². The molecule has 0 fully saturated rings. The molecule has 156 valence electrons. The van der Waals surface area contributed by atoms with Crippen molar-refractivity contribution in [1.82, 2.24) is 0 Å². The van der Waals surface area contributed by atoms with Gasteiger partial charge in [0.1, 0.15) is 5.75 Å². The molecule has 1 N–H and O–H groups in total. The van der Waals surface area contributed by atoms with E-state index >= 15 is 0 Å². The van der Waals surface area contributed by atoms with Gasteiger partial charge in [0.25, 0.3) is 0 Å². The Bertz CT molecular complexity index is 1350. The molecule has 0 bridgehead atoms. The van der Waals surface area contributed by atoms with E-state index in [0.29, 0.717) is 11.3 Å². The lowest BCUT2D eigenvalue weighted by molar-refractivity contribution is -0.145. The molecule has 0 spiro atoms. The first-order valence-corrected chi connectivity index (χ1v) is 11.2. The summed E-state index contributed by atoms with van der Waals surface area (Å²) in [5.74, 6) is -0.497. The summed E-state index contributed by atoms with van der Waals surface area (Å²) in [6.07, 6.45) is -1.04. The molecule has 3 nitrogen and oxygen atoms in total. The molecular weight excluding hydrogens is 416 g/mol. The SMILES string of the molecule is O=C(O)C(Oc1ccc(-c2ccc(-c3csc4ccccc34)cc2)cc1)c1ccccc1. The molecular formula is C28H20O3S. The van der Waals surface area contributed by atoms with E-state index in [4.69, 9.17) is 4.74 Å². The number of thiophene rings is 1. The quantitative estimate of drug-likeness (QED) is 0.301. The molecule has 4 aromatic carbocycles. The van der Waals surface area contributed by atoms with E-state index in [-0.39, 0.29) is 0 Å². The summed E-state index contributed by atoms with van der Waals surface area (Å²) in [5.41, 5.74) is 5.20. The smallest absolute Gasteiger partial charge is 0.349 e. The minimum absolute atomic E-state index is 0.520. The maximum atomic E-state index is 11.7. The molecule has 0 saturated carbocycles. The fourth-order valence-electron chi connectivity index (χ4n) is 3.79. The zero-order valence-corrected chi connectivity index (χ0v) is 18.0. The number of carboxylic acid groups (broad SMARTS) is 1. The van der Waals surface area contributed by atoms with Gasteiger partial charge in [0.15, 0.2) is 0 Å². The normalized spacial score (nSPS) is 11.9. The van der Waals surface area contributed by atoms with Gasteiger partial charge >= 0.3 is 5.97 Å². The second-order valence-electron chi connectivity index (χ2n) is 7.49. The zero-order valence-electron chi connectivity index (χ0n) is 17.1. The number of carbonyl (C=O) groups is 1. The highest BCUT2D eigenvalue weighted by molar-refractivity contribution is 7.17. The van der Waals surface area contributed by atoms with Crippen LogP contribution >= 0.6 is 11.3 Å². The summed E-state index contributed by atoms with van der Waals surface area (Å²) in [6, 6.07) is 33.5. The monoisotopic (exact) mass is 436 g/mol. The molecule has 1 aromatic heterocycles. The van der Waals surface area contributed by atoms with Crippen LogP contribution in [0.25, 0.3) is 32.3 Å². The summed E-state index contributed by atoms with van der Waals surface area (Å²) in [4.78, 5) is 11.7. The van der Waals surface area contributed by atoms with Crippen molar-refractivity contribution >= 4 is 27.4 Å². The van der Waals surface area contributed by atoms with Gasteiger partial charge < -0.3 is 9.84 Å². The van der Waals surface area contributed by atoms with E-state index < -0.39 is 12.1 Å². The van der Waals surface area contributed by atoms with E-state index in [1.54, 1.807) is 35.6 Å². The predicted molar refractivity (Wildman–Crippen MR) is 130 cm³/mol. The first-order chi connectivity index (χ1) is 15.7. The highest BCUT2D eigenvalue weighted by Crippen LogP contribution is 2.35. The molecule has 0 aliphatic heterocycles. The van der Waals surface area contributed by atoms with Gasteiger partial charge in [-0.2, -0.15) is 0 Å². The van der Waals surface area contributed by atoms with E-state index in [1.165, 1.54) is 21.2 Å². The summed E-state index contributed by atoms with van der Waals surface area (Å²) >= 11 is 1.76. The number of rotatable bonds is 6. The van der Waals surface area contributed by atoms with E-state index in [9.17, 15) is 9.90 Å². The van der Waals surface area contributed by atoms with Crippen LogP contribution in [0.1, 0.15) is 11.7 Å². The second-order valence-corrected chi connectivity index (χ2v) is 8.41. The first kappa shape index (κ1) is 20.0. The van der Waals surface area contributed by atoms with Crippen LogP contribution in [-0.4, -0.2) is 11.1 Å². The average Bonchev–Trinajstić information content (AvgIpc) is 3.28. The van der Waals surface area contributed by atoms with Crippen molar-refractivity contribution in [3.63, 3.8) is 0 Å². The van der Waals surface area contributed by atoms with Gasteiger partial charge in [0, 0.05) is 21.2 Å². The minimum Gasteiger partial charge on any atom is -0.478 e. The molecule has 5 aromatic rings. The lowest BCUT2D eigenvalue weighted by atomic mass is 10.00. The number of fused-ring (bicyclic) bond motifs is 1. The average molecular weight is 437 g/mol. The Kier molecular flexibility index (Phi) is 5.44. The largest absolute Gasteiger partial charge is 0.478 e. The summed E-state index contributed by atoms with van der Waals surface area (Å²) in [7, 11) is 0. The standard InChI is InChI=1S/C28H20O3S/c29-28(30)27(22-6-2-1-3-7-22)31-23-16-14-20(15-17-23)19-10-12-21(13-11-19)25-18-32-26-9-5-4-8-24(25)26/h1-18,27H,(H,29,30). The molecule has 0 amide bonds.